The lowest BCUT2D eigenvalue weighted by molar-refractivity contribution is 0.410. The SMILES string of the molecule is COc1ccc(Cl)cc1CNc1ccc(Cl)cc1. The van der Waals surface area contributed by atoms with E-state index in [1.54, 1.807) is 7.11 Å². The molecule has 2 rings (SSSR count). The van der Waals surface area contributed by atoms with Crippen molar-refractivity contribution in [1.29, 1.82) is 0 Å². The van der Waals surface area contributed by atoms with Gasteiger partial charge in [0.25, 0.3) is 0 Å². The number of rotatable bonds is 4. The molecule has 0 atom stereocenters. The summed E-state index contributed by atoms with van der Waals surface area (Å²) >= 11 is 11.8. The molecule has 0 heterocycles. The van der Waals surface area contributed by atoms with E-state index >= 15 is 0 Å². The van der Waals surface area contributed by atoms with Gasteiger partial charge < -0.3 is 10.1 Å². The van der Waals surface area contributed by atoms with Crippen molar-refractivity contribution in [3.8, 4) is 5.75 Å². The number of nitrogens with one attached hydrogen (secondary N) is 1. The van der Waals surface area contributed by atoms with Gasteiger partial charge in [-0.05, 0) is 42.5 Å². The Morgan fingerprint density at radius 1 is 1.00 bits per heavy atom. The molecule has 0 amide bonds. The molecule has 0 aliphatic carbocycles. The Labute approximate surface area is 116 Å². The first-order chi connectivity index (χ1) is 8.69. The van der Waals surface area contributed by atoms with Crippen molar-refractivity contribution in [2.45, 2.75) is 6.54 Å². The maximum absolute atomic E-state index is 5.98. The van der Waals surface area contributed by atoms with Crippen LogP contribution in [0.25, 0.3) is 0 Å². The topological polar surface area (TPSA) is 21.3 Å². The van der Waals surface area contributed by atoms with Gasteiger partial charge in [0.15, 0.2) is 0 Å². The van der Waals surface area contributed by atoms with Gasteiger partial charge in [0.2, 0.25) is 0 Å². The highest BCUT2D eigenvalue weighted by atomic mass is 35.5. The number of anilines is 1. The van der Waals surface area contributed by atoms with Crippen LogP contribution in [0.15, 0.2) is 42.5 Å². The Hall–Kier alpha value is -1.38. The summed E-state index contributed by atoms with van der Waals surface area (Å²) in [6.45, 7) is 0.644. The quantitative estimate of drug-likeness (QED) is 0.883. The average Bonchev–Trinajstić information content (AvgIpc) is 2.38. The lowest BCUT2D eigenvalue weighted by Crippen LogP contribution is -2.01. The predicted molar refractivity (Wildman–Crippen MR) is 76.8 cm³/mol. The van der Waals surface area contributed by atoms with Crippen molar-refractivity contribution in [2.24, 2.45) is 0 Å². The van der Waals surface area contributed by atoms with Crippen molar-refractivity contribution in [1.82, 2.24) is 0 Å². The first-order valence-corrected chi connectivity index (χ1v) is 6.26. The lowest BCUT2D eigenvalue weighted by Gasteiger charge is -2.11. The van der Waals surface area contributed by atoms with Gasteiger partial charge in [-0.2, -0.15) is 0 Å². The summed E-state index contributed by atoms with van der Waals surface area (Å²) in [4.78, 5) is 0. The van der Waals surface area contributed by atoms with Crippen LogP contribution in [-0.2, 0) is 6.54 Å². The minimum atomic E-state index is 0.644. The molecule has 94 valence electrons. The Balaban J connectivity index is 2.09. The summed E-state index contributed by atoms with van der Waals surface area (Å²) in [5.41, 5.74) is 2.02. The second-order valence-corrected chi connectivity index (χ2v) is 4.69. The minimum Gasteiger partial charge on any atom is -0.496 e. The molecule has 0 aromatic heterocycles. The number of hydrogen-bond donors (Lipinski definition) is 1. The number of ether oxygens (including phenoxy) is 1. The van der Waals surface area contributed by atoms with Crippen LogP contribution in [0, 0.1) is 0 Å². The number of benzene rings is 2. The van der Waals surface area contributed by atoms with E-state index in [1.165, 1.54) is 0 Å². The van der Waals surface area contributed by atoms with Gasteiger partial charge in [0.1, 0.15) is 5.75 Å². The zero-order valence-corrected chi connectivity index (χ0v) is 11.4. The van der Waals surface area contributed by atoms with E-state index in [1.807, 2.05) is 42.5 Å². The summed E-state index contributed by atoms with van der Waals surface area (Å²) in [7, 11) is 1.65. The summed E-state index contributed by atoms with van der Waals surface area (Å²) in [6.07, 6.45) is 0. The smallest absolute Gasteiger partial charge is 0.123 e. The summed E-state index contributed by atoms with van der Waals surface area (Å²) in [6, 6.07) is 13.1. The van der Waals surface area contributed by atoms with Gasteiger partial charge >= 0.3 is 0 Å². The molecule has 1 N–H and O–H groups in total. The molecule has 0 saturated carbocycles. The fourth-order valence-corrected chi connectivity index (χ4v) is 1.97. The van der Waals surface area contributed by atoms with Crippen molar-refractivity contribution < 1.29 is 4.74 Å². The van der Waals surface area contributed by atoms with E-state index in [-0.39, 0.29) is 0 Å². The van der Waals surface area contributed by atoms with Gasteiger partial charge in [-0.3, -0.25) is 0 Å². The molecule has 18 heavy (non-hydrogen) atoms. The molecule has 0 saturated heterocycles. The molecular formula is C14H13Cl2NO. The Morgan fingerprint density at radius 2 is 1.67 bits per heavy atom. The maximum atomic E-state index is 5.98. The molecule has 0 bridgehead atoms. The molecule has 0 spiro atoms. The molecule has 4 heteroatoms. The van der Waals surface area contributed by atoms with Crippen LogP contribution in [0.4, 0.5) is 5.69 Å². The molecule has 0 fully saturated rings. The van der Waals surface area contributed by atoms with Gasteiger partial charge in [-0.1, -0.05) is 23.2 Å². The minimum absolute atomic E-state index is 0.644. The zero-order valence-electron chi connectivity index (χ0n) is 9.91. The van der Waals surface area contributed by atoms with E-state index in [4.69, 9.17) is 27.9 Å². The second-order valence-electron chi connectivity index (χ2n) is 3.82. The van der Waals surface area contributed by atoms with E-state index in [0.29, 0.717) is 11.6 Å². The summed E-state index contributed by atoms with van der Waals surface area (Å²) < 4.78 is 5.29. The maximum Gasteiger partial charge on any atom is 0.123 e. The Morgan fingerprint density at radius 3 is 2.33 bits per heavy atom. The number of halogens is 2. The first-order valence-electron chi connectivity index (χ1n) is 5.51. The van der Waals surface area contributed by atoms with Crippen LogP contribution in [0.3, 0.4) is 0 Å². The van der Waals surface area contributed by atoms with Crippen LogP contribution >= 0.6 is 23.2 Å². The third-order valence-corrected chi connectivity index (χ3v) is 3.06. The van der Waals surface area contributed by atoms with E-state index in [9.17, 15) is 0 Å². The highest BCUT2D eigenvalue weighted by molar-refractivity contribution is 6.30. The lowest BCUT2D eigenvalue weighted by atomic mass is 10.2. The van der Waals surface area contributed by atoms with Crippen LogP contribution in [0.2, 0.25) is 10.0 Å². The van der Waals surface area contributed by atoms with Crippen molar-refractivity contribution in [3.63, 3.8) is 0 Å². The van der Waals surface area contributed by atoms with E-state index < -0.39 is 0 Å². The van der Waals surface area contributed by atoms with Crippen molar-refractivity contribution >= 4 is 28.9 Å². The summed E-state index contributed by atoms with van der Waals surface area (Å²) in [5.74, 6) is 0.820. The predicted octanol–water partition coefficient (Wildman–Crippen LogP) is 4.61. The molecule has 0 unspecified atom stereocenters. The molecular weight excluding hydrogens is 269 g/mol. The molecule has 2 aromatic rings. The molecule has 0 radical (unpaired) electrons. The third kappa shape index (κ3) is 3.31. The van der Waals surface area contributed by atoms with Crippen molar-refractivity contribution in [3.05, 3.63) is 58.1 Å². The van der Waals surface area contributed by atoms with Crippen LogP contribution in [0.5, 0.6) is 5.75 Å². The largest absolute Gasteiger partial charge is 0.496 e. The molecule has 2 aromatic carbocycles. The number of methoxy groups -OCH3 is 1. The van der Waals surface area contributed by atoms with Gasteiger partial charge in [-0.15, -0.1) is 0 Å². The fraction of sp³-hybridized carbons (Fsp3) is 0.143. The standard InChI is InChI=1S/C14H13Cl2NO/c1-18-14-7-4-12(16)8-10(14)9-17-13-5-2-11(15)3-6-13/h2-8,17H,9H2,1H3. The summed E-state index contributed by atoms with van der Waals surface area (Å²) in [5, 5.41) is 4.71. The Kier molecular flexibility index (Phi) is 4.34. The molecule has 0 aliphatic heterocycles. The van der Waals surface area contributed by atoms with Gasteiger partial charge in [-0.25, -0.2) is 0 Å². The van der Waals surface area contributed by atoms with E-state index in [0.717, 1.165) is 22.0 Å². The van der Waals surface area contributed by atoms with Crippen molar-refractivity contribution in [2.75, 3.05) is 12.4 Å². The third-order valence-electron chi connectivity index (χ3n) is 2.57. The first kappa shape index (κ1) is 13.1. The normalized spacial score (nSPS) is 10.2. The monoisotopic (exact) mass is 281 g/mol. The highest BCUT2D eigenvalue weighted by Gasteiger charge is 2.03. The number of hydrogen-bond acceptors (Lipinski definition) is 2. The Bertz CT molecular complexity index is 526. The van der Waals surface area contributed by atoms with Crippen LogP contribution < -0.4 is 10.1 Å². The van der Waals surface area contributed by atoms with Gasteiger partial charge in [0.05, 0.1) is 7.11 Å². The van der Waals surface area contributed by atoms with Crippen LogP contribution in [0.1, 0.15) is 5.56 Å². The average molecular weight is 282 g/mol. The van der Waals surface area contributed by atoms with Crippen LogP contribution in [-0.4, -0.2) is 7.11 Å². The van der Waals surface area contributed by atoms with E-state index in [2.05, 4.69) is 5.32 Å². The fourth-order valence-electron chi connectivity index (χ4n) is 1.65. The zero-order chi connectivity index (χ0) is 13.0. The molecule has 0 aliphatic rings. The van der Waals surface area contributed by atoms with Gasteiger partial charge in [0, 0.05) is 27.8 Å². The second kappa shape index (κ2) is 5.98. The molecule has 2 nitrogen and oxygen atoms in total. The highest BCUT2D eigenvalue weighted by Crippen LogP contribution is 2.24.